The van der Waals surface area contributed by atoms with Gasteiger partial charge >= 0.3 is 0 Å². The van der Waals surface area contributed by atoms with E-state index in [9.17, 15) is 13.9 Å². The molecule has 1 aliphatic heterocycles. The lowest BCUT2D eigenvalue weighted by Gasteiger charge is -2.12. The van der Waals surface area contributed by atoms with Crippen LogP contribution in [0.1, 0.15) is 29.2 Å². The van der Waals surface area contributed by atoms with Crippen LogP contribution in [0, 0.1) is 11.6 Å². The Morgan fingerprint density at radius 3 is 2.86 bits per heavy atom. The first-order valence-corrected chi connectivity index (χ1v) is 7.01. The SMILES string of the molecule is OC(CCc1ccc2c(c1)CCO2)c1cc(F)ccc1F. The minimum absolute atomic E-state index is 0.0134. The van der Waals surface area contributed by atoms with Crippen LogP contribution in [0.15, 0.2) is 36.4 Å². The Balaban J connectivity index is 1.68. The third-order valence-electron chi connectivity index (χ3n) is 3.78. The average molecular weight is 290 g/mol. The summed E-state index contributed by atoms with van der Waals surface area (Å²) >= 11 is 0. The summed E-state index contributed by atoms with van der Waals surface area (Å²) in [7, 11) is 0. The van der Waals surface area contributed by atoms with E-state index in [0.29, 0.717) is 19.4 Å². The number of benzene rings is 2. The number of fused-ring (bicyclic) bond motifs is 1. The Kier molecular flexibility index (Phi) is 3.88. The molecule has 1 aliphatic rings. The van der Waals surface area contributed by atoms with E-state index in [4.69, 9.17) is 4.74 Å². The van der Waals surface area contributed by atoms with Crippen LogP contribution in [0.4, 0.5) is 8.78 Å². The highest BCUT2D eigenvalue weighted by Crippen LogP contribution is 2.28. The third kappa shape index (κ3) is 3.05. The maximum absolute atomic E-state index is 13.6. The molecule has 3 rings (SSSR count). The minimum atomic E-state index is -1.01. The number of aliphatic hydroxyl groups is 1. The van der Waals surface area contributed by atoms with Gasteiger partial charge in [-0.25, -0.2) is 8.78 Å². The second kappa shape index (κ2) is 5.82. The number of ether oxygens (including phenoxy) is 1. The fourth-order valence-electron chi connectivity index (χ4n) is 2.62. The van der Waals surface area contributed by atoms with Crippen LogP contribution in [0.25, 0.3) is 0 Å². The van der Waals surface area contributed by atoms with Crippen LogP contribution in [-0.2, 0) is 12.8 Å². The van der Waals surface area contributed by atoms with Gasteiger partial charge < -0.3 is 9.84 Å². The Morgan fingerprint density at radius 1 is 1.14 bits per heavy atom. The monoisotopic (exact) mass is 290 g/mol. The molecule has 0 aromatic heterocycles. The molecule has 0 amide bonds. The quantitative estimate of drug-likeness (QED) is 0.933. The van der Waals surface area contributed by atoms with Crippen molar-refractivity contribution >= 4 is 0 Å². The first-order valence-electron chi connectivity index (χ1n) is 7.01. The zero-order valence-electron chi connectivity index (χ0n) is 11.5. The fourth-order valence-corrected chi connectivity index (χ4v) is 2.62. The minimum Gasteiger partial charge on any atom is -0.493 e. The van der Waals surface area contributed by atoms with E-state index >= 15 is 0 Å². The molecule has 2 aromatic rings. The highest BCUT2D eigenvalue weighted by molar-refractivity contribution is 5.39. The normalized spacial score (nSPS) is 14.6. The van der Waals surface area contributed by atoms with Gasteiger partial charge in [0.05, 0.1) is 12.7 Å². The van der Waals surface area contributed by atoms with Gasteiger partial charge in [-0.3, -0.25) is 0 Å². The molecule has 2 aromatic carbocycles. The zero-order chi connectivity index (χ0) is 14.8. The van der Waals surface area contributed by atoms with Gasteiger partial charge in [0.2, 0.25) is 0 Å². The lowest BCUT2D eigenvalue weighted by Crippen LogP contribution is -2.03. The summed E-state index contributed by atoms with van der Waals surface area (Å²) in [4.78, 5) is 0. The number of hydrogen-bond acceptors (Lipinski definition) is 2. The van der Waals surface area contributed by atoms with E-state index < -0.39 is 17.7 Å². The average Bonchev–Trinajstić information content (AvgIpc) is 2.94. The standard InChI is InChI=1S/C17H16F2O2/c18-13-3-4-15(19)14(10-13)16(20)5-1-11-2-6-17-12(9-11)7-8-21-17/h2-4,6,9-10,16,20H,1,5,7-8H2. The van der Waals surface area contributed by atoms with E-state index in [2.05, 4.69) is 6.07 Å². The van der Waals surface area contributed by atoms with Gasteiger partial charge in [-0.1, -0.05) is 12.1 Å². The third-order valence-corrected chi connectivity index (χ3v) is 3.78. The van der Waals surface area contributed by atoms with Crippen molar-refractivity contribution in [1.82, 2.24) is 0 Å². The van der Waals surface area contributed by atoms with Gasteiger partial charge in [0.25, 0.3) is 0 Å². The smallest absolute Gasteiger partial charge is 0.129 e. The van der Waals surface area contributed by atoms with Gasteiger partial charge in [-0.2, -0.15) is 0 Å². The maximum Gasteiger partial charge on any atom is 0.129 e. The summed E-state index contributed by atoms with van der Waals surface area (Å²) in [5.74, 6) is -0.207. The summed E-state index contributed by atoms with van der Waals surface area (Å²) < 4.78 is 32.1. The summed E-state index contributed by atoms with van der Waals surface area (Å²) in [6, 6.07) is 9.06. The lowest BCUT2D eigenvalue weighted by molar-refractivity contribution is 0.162. The summed E-state index contributed by atoms with van der Waals surface area (Å²) in [5.41, 5.74) is 2.24. The Hall–Kier alpha value is -1.94. The van der Waals surface area contributed by atoms with Crippen LogP contribution in [0.5, 0.6) is 5.75 Å². The molecule has 0 bridgehead atoms. The molecule has 0 spiro atoms. The van der Waals surface area contributed by atoms with E-state index in [0.717, 1.165) is 35.9 Å². The van der Waals surface area contributed by atoms with E-state index in [1.807, 2.05) is 12.1 Å². The molecule has 1 heterocycles. The highest BCUT2D eigenvalue weighted by atomic mass is 19.1. The first kappa shape index (κ1) is 14.0. The van der Waals surface area contributed by atoms with Crippen LogP contribution in [0.2, 0.25) is 0 Å². The number of rotatable bonds is 4. The fraction of sp³-hybridized carbons (Fsp3) is 0.294. The second-order valence-corrected chi connectivity index (χ2v) is 5.26. The molecule has 1 unspecified atom stereocenters. The molecule has 110 valence electrons. The van der Waals surface area contributed by atoms with Crippen molar-refractivity contribution in [3.8, 4) is 5.75 Å². The van der Waals surface area contributed by atoms with Crippen molar-refractivity contribution in [2.45, 2.75) is 25.4 Å². The van der Waals surface area contributed by atoms with E-state index in [1.54, 1.807) is 0 Å². The van der Waals surface area contributed by atoms with Gasteiger partial charge in [0, 0.05) is 12.0 Å². The summed E-state index contributed by atoms with van der Waals surface area (Å²) in [6.07, 6.45) is 0.833. The summed E-state index contributed by atoms with van der Waals surface area (Å²) in [5, 5.41) is 10.0. The van der Waals surface area contributed by atoms with Crippen molar-refractivity contribution in [3.63, 3.8) is 0 Å². The number of hydrogen-bond donors (Lipinski definition) is 1. The molecule has 1 N–H and O–H groups in total. The van der Waals surface area contributed by atoms with E-state index in [1.165, 1.54) is 5.56 Å². The molecule has 0 saturated carbocycles. The zero-order valence-corrected chi connectivity index (χ0v) is 11.5. The van der Waals surface area contributed by atoms with Gasteiger partial charge in [0.1, 0.15) is 17.4 Å². The number of aliphatic hydroxyl groups excluding tert-OH is 1. The molecular weight excluding hydrogens is 274 g/mol. The number of halogens is 2. The predicted octanol–water partition coefficient (Wildman–Crippen LogP) is 3.57. The van der Waals surface area contributed by atoms with Crippen LogP contribution < -0.4 is 4.74 Å². The van der Waals surface area contributed by atoms with Crippen LogP contribution in [0.3, 0.4) is 0 Å². The Bertz CT molecular complexity index is 655. The largest absolute Gasteiger partial charge is 0.493 e. The predicted molar refractivity (Wildman–Crippen MR) is 75.3 cm³/mol. The van der Waals surface area contributed by atoms with Crippen LogP contribution >= 0.6 is 0 Å². The molecule has 0 radical (unpaired) electrons. The second-order valence-electron chi connectivity index (χ2n) is 5.26. The van der Waals surface area contributed by atoms with Crippen molar-refractivity contribution in [2.24, 2.45) is 0 Å². The lowest BCUT2D eigenvalue weighted by atomic mass is 9.99. The van der Waals surface area contributed by atoms with Crippen molar-refractivity contribution in [2.75, 3.05) is 6.61 Å². The molecule has 0 aliphatic carbocycles. The molecule has 0 saturated heterocycles. The van der Waals surface area contributed by atoms with Crippen molar-refractivity contribution in [1.29, 1.82) is 0 Å². The maximum atomic E-state index is 13.6. The van der Waals surface area contributed by atoms with Gasteiger partial charge in [-0.05, 0) is 48.2 Å². The molecule has 0 fully saturated rings. The molecule has 21 heavy (non-hydrogen) atoms. The first-order chi connectivity index (χ1) is 10.1. The molecule has 4 heteroatoms. The molecule has 2 nitrogen and oxygen atoms in total. The van der Waals surface area contributed by atoms with Gasteiger partial charge in [-0.15, -0.1) is 0 Å². The Morgan fingerprint density at radius 2 is 2.00 bits per heavy atom. The van der Waals surface area contributed by atoms with Crippen molar-refractivity contribution in [3.05, 3.63) is 64.7 Å². The van der Waals surface area contributed by atoms with Crippen LogP contribution in [-0.4, -0.2) is 11.7 Å². The van der Waals surface area contributed by atoms with Gasteiger partial charge in [0.15, 0.2) is 0 Å². The van der Waals surface area contributed by atoms with E-state index in [-0.39, 0.29) is 5.56 Å². The Labute approximate surface area is 122 Å². The molecule has 1 atom stereocenters. The highest BCUT2D eigenvalue weighted by Gasteiger charge is 2.15. The number of aryl methyl sites for hydroxylation is 1. The van der Waals surface area contributed by atoms with Crippen molar-refractivity contribution < 1.29 is 18.6 Å². The summed E-state index contributed by atoms with van der Waals surface area (Å²) in [6.45, 7) is 0.704. The molecular formula is C17H16F2O2. The topological polar surface area (TPSA) is 29.5 Å².